The summed E-state index contributed by atoms with van der Waals surface area (Å²) in [6, 6.07) is 4.58. The lowest BCUT2D eigenvalue weighted by atomic mass is 10.0. The molecule has 2 aliphatic rings. The van der Waals surface area contributed by atoms with Gasteiger partial charge in [0.15, 0.2) is 0 Å². The number of carbonyl (C=O) groups is 1. The molecule has 5 nitrogen and oxygen atoms in total. The van der Waals surface area contributed by atoms with Crippen molar-refractivity contribution >= 4 is 32.9 Å². The molecule has 0 bridgehead atoms. The van der Waals surface area contributed by atoms with Crippen LogP contribution in [0.4, 0.5) is 0 Å². The maximum Gasteiger partial charge on any atom is 0.220 e. The second-order valence-corrected chi connectivity index (χ2v) is 7.16. The third-order valence-corrected chi connectivity index (χ3v) is 4.98. The van der Waals surface area contributed by atoms with Crippen LogP contribution in [0.2, 0.25) is 0 Å². The highest BCUT2D eigenvalue weighted by Crippen LogP contribution is 2.41. The van der Waals surface area contributed by atoms with E-state index >= 15 is 0 Å². The molecule has 0 spiro atoms. The quantitative estimate of drug-likeness (QED) is 0.907. The van der Waals surface area contributed by atoms with E-state index in [-0.39, 0.29) is 17.9 Å². The highest BCUT2D eigenvalue weighted by Gasteiger charge is 2.30. The monoisotopic (exact) mass is 363 g/mol. The minimum Gasteiger partial charge on any atom is -0.488 e. The Morgan fingerprint density at radius 2 is 2.27 bits per heavy atom. The molecule has 1 amide bonds. The van der Waals surface area contributed by atoms with E-state index < -0.39 is 0 Å². The molecule has 1 aromatic heterocycles. The second kappa shape index (κ2) is 5.26. The first kappa shape index (κ1) is 14.1. The number of amides is 1. The summed E-state index contributed by atoms with van der Waals surface area (Å²) in [6.45, 7) is 2.73. The van der Waals surface area contributed by atoms with E-state index in [9.17, 15) is 4.79 Å². The molecule has 6 heteroatoms. The lowest BCUT2D eigenvalue weighted by Gasteiger charge is -2.21. The van der Waals surface area contributed by atoms with Gasteiger partial charge in [0.05, 0.1) is 11.8 Å². The summed E-state index contributed by atoms with van der Waals surface area (Å²) < 4.78 is 9.42. The smallest absolute Gasteiger partial charge is 0.220 e. The summed E-state index contributed by atoms with van der Waals surface area (Å²) in [5.74, 6) is 1.18. The number of halogens is 1. The first-order chi connectivity index (χ1) is 10.6. The van der Waals surface area contributed by atoms with Gasteiger partial charge in [0.2, 0.25) is 5.91 Å². The number of nitrogens with zero attached hydrogens (tertiary/aromatic N) is 2. The zero-order chi connectivity index (χ0) is 15.3. The number of rotatable bonds is 4. The van der Waals surface area contributed by atoms with Crippen molar-refractivity contribution in [3.63, 3.8) is 0 Å². The zero-order valence-electron chi connectivity index (χ0n) is 12.4. The van der Waals surface area contributed by atoms with Crippen LogP contribution < -0.4 is 10.1 Å². The second-order valence-electron chi connectivity index (χ2n) is 6.25. The van der Waals surface area contributed by atoms with Crippen LogP contribution in [-0.2, 0) is 4.79 Å². The van der Waals surface area contributed by atoms with Gasteiger partial charge in [0, 0.05) is 29.4 Å². The summed E-state index contributed by atoms with van der Waals surface area (Å²) >= 11 is 3.53. The molecule has 116 valence electrons. The predicted octanol–water partition coefficient (Wildman–Crippen LogP) is 3.04. The molecule has 2 aromatic rings. The van der Waals surface area contributed by atoms with Gasteiger partial charge in [-0.05, 0) is 31.9 Å². The highest BCUT2D eigenvalue weighted by atomic mass is 79.9. The normalized spacial score (nSPS) is 22.8. The van der Waals surface area contributed by atoms with Crippen LogP contribution >= 0.6 is 15.9 Å². The molecule has 2 atom stereocenters. The minimum atomic E-state index is -0.0148. The SMILES string of the molecule is C[C@@H](Oc1cc(Br)cc2ncn(C3CC3)c12)C1CNC(=O)C1. The third-order valence-electron chi connectivity index (χ3n) is 4.53. The molecule has 2 fully saturated rings. The van der Waals surface area contributed by atoms with Crippen LogP contribution in [-0.4, -0.2) is 28.1 Å². The van der Waals surface area contributed by atoms with Gasteiger partial charge < -0.3 is 14.6 Å². The first-order valence-electron chi connectivity index (χ1n) is 7.71. The Kier molecular flexibility index (Phi) is 3.36. The van der Waals surface area contributed by atoms with Crippen molar-refractivity contribution in [3.8, 4) is 5.75 Å². The number of imidazole rings is 1. The van der Waals surface area contributed by atoms with Crippen molar-refractivity contribution in [2.24, 2.45) is 5.92 Å². The number of benzene rings is 1. The molecule has 1 unspecified atom stereocenters. The van der Waals surface area contributed by atoms with Crippen LogP contribution in [0, 0.1) is 5.92 Å². The van der Waals surface area contributed by atoms with E-state index in [0.29, 0.717) is 19.0 Å². The Morgan fingerprint density at radius 1 is 1.45 bits per heavy atom. The largest absolute Gasteiger partial charge is 0.488 e. The molecular formula is C16H18BrN3O2. The van der Waals surface area contributed by atoms with Gasteiger partial charge in [-0.25, -0.2) is 4.98 Å². The number of fused-ring (bicyclic) bond motifs is 1. The number of aromatic nitrogens is 2. The van der Waals surface area contributed by atoms with E-state index in [1.807, 2.05) is 25.4 Å². The van der Waals surface area contributed by atoms with Crippen molar-refractivity contribution in [2.45, 2.75) is 38.3 Å². The van der Waals surface area contributed by atoms with Crippen LogP contribution in [0.25, 0.3) is 11.0 Å². The minimum absolute atomic E-state index is 0.0148. The first-order valence-corrected chi connectivity index (χ1v) is 8.50. The Balaban J connectivity index is 1.67. The fourth-order valence-corrected chi connectivity index (χ4v) is 3.50. The molecule has 1 aromatic carbocycles. The number of ether oxygens (including phenoxy) is 1. The van der Waals surface area contributed by atoms with E-state index in [0.717, 1.165) is 21.3 Å². The van der Waals surface area contributed by atoms with Gasteiger partial charge in [0.1, 0.15) is 17.4 Å². The Labute approximate surface area is 137 Å². The lowest BCUT2D eigenvalue weighted by molar-refractivity contribution is -0.119. The van der Waals surface area contributed by atoms with Crippen molar-refractivity contribution in [1.82, 2.24) is 14.9 Å². The van der Waals surface area contributed by atoms with Crippen LogP contribution in [0.3, 0.4) is 0 Å². The van der Waals surface area contributed by atoms with E-state index in [1.54, 1.807) is 0 Å². The third kappa shape index (κ3) is 2.49. The molecule has 4 rings (SSSR count). The summed E-state index contributed by atoms with van der Waals surface area (Å²) in [4.78, 5) is 15.9. The zero-order valence-corrected chi connectivity index (χ0v) is 14.0. The number of hydrogen-bond donors (Lipinski definition) is 1. The standard InChI is InChI=1S/C16H18BrN3O2/c1-9(10-4-15(21)18-7-10)22-14-6-11(17)5-13-16(14)20(8-19-13)12-2-3-12/h5-6,8-10,12H,2-4,7H2,1H3,(H,18,21)/t9-,10?/m1/s1. The van der Waals surface area contributed by atoms with Crippen molar-refractivity contribution in [1.29, 1.82) is 0 Å². The molecule has 1 saturated carbocycles. The van der Waals surface area contributed by atoms with Gasteiger partial charge >= 0.3 is 0 Å². The van der Waals surface area contributed by atoms with Gasteiger partial charge in [-0.3, -0.25) is 4.79 Å². The van der Waals surface area contributed by atoms with Crippen LogP contribution in [0.5, 0.6) is 5.75 Å². The van der Waals surface area contributed by atoms with E-state index in [2.05, 4.69) is 30.8 Å². The molecule has 1 aliphatic heterocycles. The fourth-order valence-electron chi connectivity index (χ4n) is 3.08. The Bertz CT molecular complexity index is 738. The van der Waals surface area contributed by atoms with Crippen LogP contribution in [0.1, 0.15) is 32.2 Å². The van der Waals surface area contributed by atoms with Crippen LogP contribution in [0.15, 0.2) is 22.9 Å². The lowest BCUT2D eigenvalue weighted by Crippen LogP contribution is -2.25. The summed E-state index contributed by atoms with van der Waals surface area (Å²) in [7, 11) is 0. The average Bonchev–Trinajstić information content (AvgIpc) is 3.08. The maximum absolute atomic E-state index is 11.4. The number of hydrogen-bond acceptors (Lipinski definition) is 3. The van der Waals surface area contributed by atoms with E-state index in [4.69, 9.17) is 4.74 Å². The molecular weight excluding hydrogens is 346 g/mol. The molecule has 1 saturated heterocycles. The number of nitrogens with one attached hydrogen (secondary N) is 1. The summed E-state index contributed by atoms with van der Waals surface area (Å²) in [6.07, 6.45) is 4.85. The molecule has 22 heavy (non-hydrogen) atoms. The van der Waals surface area contributed by atoms with Gasteiger partial charge in [-0.15, -0.1) is 0 Å². The summed E-state index contributed by atoms with van der Waals surface area (Å²) in [5.41, 5.74) is 2.01. The van der Waals surface area contributed by atoms with Crippen molar-refractivity contribution in [2.75, 3.05) is 6.54 Å². The molecule has 2 heterocycles. The molecule has 1 N–H and O–H groups in total. The molecule has 0 radical (unpaired) electrons. The van der Waals surface area contributed by atoms with Crippen molar-refractivity contribution < 1.29 is 9.53 Å². The van der Waals surface area contributed by atoms with Crippen molar-refractivity contribution in [3.05, 3.63) is 22.9 Å². The maximum atomic E-state index is 11.4. The van der Waals surface area contributed by atoms with E-state index in [1.165, 1.54) is 12.8 Å². The Morgan fingerprint density at radius 3 is 2.95 bits per heavy atom. The summed E-state index contributed by atoms with van der Waals surface area (Å²) in [5, 5.41) is 2.87. The highest BCUT2D eigenvalue weighted by molar-refractivity contribution is 9.10. The predicted molar refractivity (Wildman–Crippen MR) is 86.9 cm³/mol. The van der Waals surface area contributed by atoms with Gasteiger partial charge in [-0.2, -0.15) is 0 Å². The number of carbonyl (C=O) groups excluding carboxylic acids is 1. The van der Waals surface area contributed by atoms with Gasteiger partial charge in [0.25, 0.3) is 0 Å². The molecule has 1 aliphatic carbocycles. The van der Waals surface area contributed by atoms with Gasteiger partial charge in [-0.1, -0.05) is 15.9 Å². The Hall–Kier alpha value is -1.56. The average molecular weight is 364 g/mol. The topological polar surface area (TPSA) is 56.1 Å². The fraction of sp³-hybridized carbons (Fsp3) is 0.500.